The van der Waals surface area contributed by atoms with Crippen LogP contribution in [-0.2, 0) is 28.9 Å². The summed E-state index contributed by atoms with van der Waals surface area (Å²) in [5, 5.41) is 0.595. The maximum Gasteiger partial charge on any atom is 0.339 e. The van der Waals surface area contributed by atoms with Gasteiger partial charge in [0.2, 0.25) is 5.91 Å². The molecule has 1 amide bonds. The van der Waals surface area contributed by atoms with Crippen LogP contribution in [0.2, 0.25) is 5.02 Å². The van der Waals surface area contributed by atoms with Crippen LogP contribution in [-0.4, -0.2) is 35.4 Å². The normalized spacial score (nSPS) is 13.3. The van der Waals surface area contributed by atoms with Crippen LogP contribution in [0, 0.1) is 0 Å². The van der Waals surface area contributed by atoms with E-state index in [9.17, 15) is 9.59 Å². The molecule has 0 radical (unpaired) electrons. The van der Waals surface area contributed by atoms with Crippen LogP contribution in [0.15, 0.2) is 36.7 Å². The van der Waals surface area contributed by atoms with Crippen molar-refractivity contribution >= 4 is 23.5 Å². The molecule has 3 rings (SSSR count). The van der Waals surface area contributed by atoms with Crippen molar-refractivity contribution in [1.82, 2.24) is 9.88 Å². The Balaban J connectivity index is 1.77. The molecule has 124 valence electrons. The SMILES string of the molecule is COC(=O)c1cncc2c1CCN(C(=O)Cc1ccccc1Cl)C2. The molecule has 5 nitrogen and oxygen atoms in total. The second-order valence-corrected chi connectivity index (χ2v) is 6.06. The predicted octanol–water partition coefficient (Wildman–Crippen LogP) is 2.65. The lowest BCUT2D eigenvalue weighted by molar-refractivity contribution is -0.131. The number of pyridine rings is 1. The van der Waals surface area contributed by atoms with E-state index in [1.807, 2.05) is 18.2 Å². The molecule has 0 atom stereocenters. The fraction of sp³-hybridized carbons (Fsp3) is 0.278. The fourth-order valence-corrected chi connectivity index (χ4v) is 3.11. The molecule has 0 bridgehead atoms. The van der Waals surface area contributed by atoms with E-state index in [0.29, 0.717) is 30.1 Å². The summed E-state index contributed by atoms with van der Waals surface area (Å²) in [7, 11) is 1.35. The minimum absolute atomic E-state index is 0.0113. The third-order valence-electron chi connectivity index (χ3n) is 4.20. The van der Waals surface area contributed by atoms with Crippen molar-refractivity contribution in [1.29, 1.82) is 0 Å². The minimum atomic E-state index is -0.393. The van der Waals surface area contributed by atoms with Crippen molar-refractivity contribution < 1.29 is 14.3 Å². The average molecular weight is 345 g/mol. The summed E-state index contributed by atoms with van der Waals surface area (Å²) >= 11 is 6.13. The number of ether oxygens (including phenoxy) is 1. The van der Waals surface area contributed by atoms with Gasteiger partial charge in [-0.05, 0) is 29.2 Å². The highest BCUT2D eigenvalue weighted by Crippen LogP contribution is 2.23. The third-order valence-corrected chi connectivity index (χ3v) is 4.57. The number of amides is 1. The Kier molecular flexibility index (Phi) is 4.81. The van der Waals surface area contributed by atoms with E-state index in [4.69, 9.17) is 16.3 Å². The Hall–Kier alpha value is -2.40. The number of nitrogens with zero attached hydrogens (tertiary/aromatic N) is 2. The molecule has 24 heavy (non-hydrogen) atoms. The molecule has 2 aromatic rings. The molecule has 6 heteroatoms. The number of carbonyl (C=O) groups excluding carboxylic acids is 2. The second-order valence-electron chi connectivity index (χ2n) is 5.65. The summed E-state index contributed by atoms with van der Waals surface area (Å²) in [5.74, 6) is -0.382. The molecule has 0 saturated carbocycles. The third kappa shape index (κ3) is 3.26. The summed E-state index contributed by atoms with van der Waals surface area (Å²) in [6, 6.07) is 7.34. The Morgan fingerprint density at radius 3 is 2.83 bits per heavy atom. The van der Waals surface area contributed by atoms with E-state index in [1.165, 1.54) is 13.3 Å². The number of hydrogen-bond donors (Lipinski definition) is 0. The number of hydrogen-bond acceptors (Lipinski definition) is 4. The Labute approximate surface area is 145 Å². The zero-order valence-corrected chi connectivity index (χ0v) is 14.0. The molecule has 0 N–H and O–H groups in total. The van der Waals surface area contributed by atoms with Crippen LogP contribution in [0.25, 0.3) is 0 Å². The van der Waals surface area contributed by atoms with Gasteiger partial charge in [0.25, 0.3) is 0 Å². The van der Waals surface area contributed by atoms with E-state index in [2.05, 4.69) is 4.98 Å². The van der Waals surface area contributed by atoms with Gasteiger partial charge in [-0.2, -0.15) is 0 Å². The quantitative estimate of drug-likeness (QED) is 0.803. The molecular formula is C18H17ClN2O3. The molecule has 0 saturated heterocycles. The number of rotatable bonds is 3. The van der Waals surface area contributed by atoms with Crippen molar-refractivity contribution in [3.8, 4) is 0 Å². The fourth-order valence-electron chi connectivity index (χ4n) is 2.91. The second kappa shape index (κ2) is 7.01. The molecule has 1 aliphatic heterocycles. The molecule has 1 aromatic heterocycles. The van der Waals surface area contributed by atoms with Gasteiger partial charge in [0.05, 0.1) is 19.1 Å². The smallest absolute Gasteiger partial charge is 0.339 e. The van der Waals surface area contributed by atoms with Crippen LogP contribution in [0.3, 0.4) is 0 Å². The highest BCUT2D eigenvalue weighted by Gasteiger charge is 2.25. The first-order valence-corrected chi connectivity index (χ1v) is 8.03. The van der Waals surface area contributed by atoms with E-state index >= 15 is 0 Å². The standard InChI is InChI=1S/C18H17ClN2O3/c1-24-18(23)15-10-20-9-13-11-21(7-6-14(13)15)17(22)8-12-4-2-3-5-16(12)19/h2-5,9-10H,6-8,11H2,1H3. The lowest BCUT2D eigenvalue weighted by atomic mass is 9.96. The number of esters is 1. The number of methoxy groups -OCH3 is 1. The molecule has 0 unspecified atom stereocenters. The monoisotopic (exact) mass is 344 g/mol. The molecule has 1 aromatic carbocycles. The van der Waals surface area contributed by atoms with Gasteiger partial charge in [-0.3, -0.25) is 9.78 Å². The van der Waals surface area contributed by atoms with E-state index in [1.54, 1.807) is 17.2 Å². The van der Waals surface area contributed by atoms with Gasteiger partial charge >= 0.3 is 5.97 Å². The Morgan fingerprint density at radius 2 is 2.08 bits per heavy atom. The van der Waals surface area contributed by atoms with Crippen molar-refractivity contribution in [2.45, 2.75) is 19.4 Å². The van der Waals surface area contributed by atoms with Crippen LogP contribution >= 0.6 is 11.6 Å². The summed E-state index contributed by atoms with van der Waals surface area (Å²) < 4.78 is 4.79. The molecule has 0 aliphatic carbocycles. The Bertz CT molecular complexity index is 792. The summed E-state index contributed by atoms with van der Waals surface area (Å²) in [5.41, 5.74) is 3.10. The van der Waals surface area contributed by atoms with Gasteiger partial charge in [-0.25, -0.2) is 4.79 Å². The molecule has 0 spiro atoms. The largest absolute Gasteiger partial charge is 0.465 e. The van der Waals surface area contributed by atoms with E-state index in [0.717, 1.165) is 16.7 Å². The van der Waals surface area contributed by atoms with E-state index in [-0.39, 0.29) is 12.3 Å². The van der Waals surface area contributed by atoms with Gasteiger partial charge in [-0.15, -0.1) is 0 Å². The lowest BCUT2D eigenvalue weighted by Crippen LogP contribution is -2.37. The molecule has 2 heterocycles. The topological polar surface area (TPSA) is 59.5 Å². The number of benzene rings is 1. The Morgan fingerprint density at radius 1 is 1.29 bits per heavy atom. The number of halogens is 1. The van der Waals surface area contributed by atoms with Crippen LogP contribution in [0.4, 0.5) is 0 Å². The summed E-state index contributed by atoms with van der Waals surface area (Å²) in [4.78, 5) is 30.3. The summed E-state index contributed by atoms with van der Waals surface area (Å²) in [6.07, 6.45) is 4.10. The van der Waals surface area contributed by atoms with Gasteiger partial charge < -0.3 is 9.64 Å². The maximum atomic E-state index is 12.6. The zero-order valence-electron chi connectivity index (χ0n) is 13.3. The summed E-state index contributed by atoms with van der Waals surface area (Å²) in [6.45, 7) is 1.00. The van der Waals surface area contributed by atoms with Crippen molar-refractivity contribution in [3.05, 3.63) is 63.9 Å². The van der Waals surface area contributed by atoms with Crippen molar-refractivity contribution in [2.75, 3.05) is 13.7 Å². The van der Waals surface area contributed by atoms with Crippen molar-refractivity contribution in [2.24, 2.45) is 0 Å². The van der Waals surface area contributed by atoms with Crippen LogP contribution < -0.4 is 0 Å². The minimum Gasteiger partial charge on any atom is -0.465 e. The molecule has 1 aliphatic rings. The van der Waals surface area contributed by atoms with Gasteiger partial charge in [0.15, 0.2) is 0 Å². The van der Waals surface area contributed by atoms with Crippen LogP contribution in [0.1, 0.15) is 27.0 Å². The average Bonchev–Trinajstić information content (AvgIpc) is 2.62. The van der Waals surface area contributed by atoms with Gasteiger partial charge in [0.1, 0.15) is 0 Å². The number of fused-ring (bicyclic) bond motifs is 1. The maximum absolute atomic E-state index is 12.6. The van der Waals surface area contributed by atoms with Gasteiger partial charge in [0, 0.05) is 30.5 Å². The van der Waals surface area contributed by atoms with E-state index < -0.39 is 5.97 Å². The first-order valence-electron chi connectivity index (χ1n) is 7.65. The predicted molar refractivity (Wildman–Crippen MR) is 89.9 cm³/mol. The highest BCUT2D eigenvalue weighted by atomic mass is 35.5. The first kappa shape index (κ1) is 16.5. The lowest BCUT2D eigenvalue weighted by Gasteiger charge is -2.29. The van der Waals surface area contributed by atoms with Gasteiger partial charge in [-0.1, -0.05) is 29.8 Å². The molecule has 0 fully saturated rings. The highest BCUT2D eigenvalue weighted by molar-refractivity contribution is 6.31. The van der Waals surface area contributed by atoms with Crippen LogP contribution in [0.5, 0.6) is 0 Å². The molecular weight excluding hydrogens is 328 g/mol. The first-order chi connectivity index (χ1) is 11.6. The zero-order chi connectivity index (χ0) is 17.1. The number of aromatic nitrogens is 1. The number of carbonyl (C=O) groups is 2. The van der Waals surface area contributed by atoms with Crippen molar-refractivity contribution in [3.63, 3.8) is 0 Å².